The highest BCUT2D eigenvalue weighted by atomic mass is 32.2. The van der Waals surface area contributed by atoms with Crippen LogP contribution in [0.25, 0.3) is 10.8 Å². The number of anilines is 2. The van der Waals surface area contributed by atoms with Gasteiger partial charge in [0.25, 0.3) is 5.91 Å². The molecule has 1 aliphatic heterocycles. The van der Waals surface area contributed by atoms with Crippen molar-refractivity contribution in [2.45, 2.75) is 11.7 Å². The Labute approximate surface area is 173 Å². The average Bonchev–Trinajstić information content (AvgIpc) is 3.08. The first-order valence-corrected chi connectivity index (χ1v) is 10.2. The molecule has 0 saturated heterocycles. The quantitative estimate of drug-likeness (QED) is 0.689. The number of fused-ring (bicyclic) bond motifs is 1. The molecule has 0 fully saturated rings. The van der Waals surface area contributed by atoms with Gasteiger partial charge in [-0.1, -0.05) is 60.3 Å². The third kappa shape index (κ3) is 4.17. The molecule has 6 heteroatoms. The fourth-order valence-electron chi connectivity index (χ4n) is 3.25. The maximum Gasteiger partial charge on any atom is 0.260 e. The summed E-state index contributed by atoms with van der Waals surface area (Å²) < 4.78 is 0. The van der Waals surface area contributed by atoms with E-state index in [1.165, 1.54) is 11.8 Å². The van der Waals surface area contributed by atoms with E-state index in [2.05, 4.69) is 10.3 Å². The van der Waals surface area contributed by atoms with E-state index in [-0.39, 0.29) is 18.2 Å². The second kappa shape index (κ2) is 8.09. The smallest absolute Gasteiger partial charge is 0.260 e. The molecule has 0 bridgehead atoms. The van der Waals surface area contributed by atoms with Crippen molar-refractivity contribution in [3.8, 4) is 0 Å². The summed E-state index contributed by atoms with van der Waals surface area (Å²) in [6, 6.07) is 21.5. The van der Waals surface area contributed by atoms with Crippen LogP contribution in [0.3, 0.4) is 0 Å². The summed E-state index contributed by atoms with van der Waals surface area (Å²) >= 11 is 1.35. The van der Waals surface area contributed by atoms with Crippen molar-refractivity contribution in [2.75, 3.05) is 24.3 Å². The summed E-state index contributed by atoms with van der Waals surface area (Å²) in [6.07, 6.45) is 0.0928. The highest BCUT2D eigenvalue weighted by molar-refractivity contribution is 8.16. The number of rotatable bonds is 5. The molecule has 0 spiro atoms. The number of hydrogen-bond donors (Lipinski definition) is 1. The fraction of sp³-hybridized carbons (Fsp3) is 0.174. The lowest BCUT2D eigenvalue weighted by atomic mass is 10.1. The zero-order chi connectivity index (χ0) is 20.4. The molecule has 1 atom stereocenters. The van der Waals surface area contributed by atoms with E-state index in [0.717, 1.165) is 27.7 Å². The number of nitrogens with one attached hydrogen (secondary N) is 1. The Kier molecular flexibility index (Phi) is 5.36. The maximum absolute atomic E-state index is 12.6. The van der Waals surface area contributed by atoms with E-state index >= 15 is 0 Å². The van der Waals surface area contributed by atoms with Crippen LogP contribution in [-0.4, -0.2) is 36.2 Å². The molecule has 0 aromatic heterocycles. The Morgan fingerprint density at radius 1 is 1.03 bits per heavy atom. The van der Waals surface area contributed by atoms with E-state index < -0.39 is 5.25 Å². The molecule has 3 aromatic carbocycles. The minimum Gasteiger partial charge on any atom is -0.378 e. The number of aliphatic imine (C=N–C) groups is 1. The summed E-state index contributed by atoms with van der Waals surface area (Å²) in [4.78, 5) is 31.1. The van der Waals surface area contributed by atoms with Gasteiger partial charge in [-0.25, -0.2) is 4.99 Å². The molecule has 146 valence electrons. The van der Waals surface area contributed by atoms with Gasteiger partial charge in [0, 0.05) is 42.8 Å². The maximum atomic E-state index is 12.6. The van der Waals surface area contributed by atoms with Crippen molar-refractivity contribution in [3.63, 3.8) is 0 Å². The minimum atomic E-state index is -0.492. The molecule has 4 rings (SSSR count). The summed E-state index contributed by atoms with van der Waals surface area (Å²) in [5, 5.41) is 5.16. The van der Waals surface area contributed by atoms with Crippen LogP contribution in [0.15, 0.2) is 71.7 Å². The van der Waals surface area contributed by atoms with Crippen LogP contribution in [0.1, 0.15) is 12.0 Å². The normalized spacial score (nSPS) is 16.0. The van der Waals surface area contributed by atoms with Gasteiger partial charge in [-0.05, 0) is 23.6 Å². The number of hydrogen-bond acceptors (Lipinski definition) is 4. The topological polar surface area (TPSA) is 61.8 Å². The largest absolute Gasteiger partial charge is 0.378 e. The van der Waals surface area contributed by atoms with Crippen LogP contribution in [0, 0.1) is 0 Å². The molecule has 1 aliphatic rings. The molecular weight excluding hydrogens is 382 g/mol. The Hall–Kier alpha value is -3.12. The molecule has 0 unspecified atom stereocenters. The lowest BCUT2D eigenvalue weighted by Crippen LogP contribution is -2.21. The van der Waals surface area contributed by atoms with Gasteiger partial charge in [-0.15, -0.1) is 0 Å². The van der Waals surface area contributed by atoms with Crippen molar-refractivity contribution >= 4 is 50.8 Å². The van der Waals surface area contributed by atoms with Crippen molar-refractivity contribution in [2.24, 2.45) is 4.99 Å². The molecule has 0 radical (unpaired) electrons. The first-order chi connectivity index (χ1) is 14.0. The SMILES string of the molecule is CN(C)c1ccc(C2=NC(=O)[C@H](CC(=O)Nc3cccc4ccccc34)S2)cc1. The molecule has 3 aromatic rings. The van der Waals surface area contributed by atoms with E-state index in [1.54, 1.807) is 0 Å². The van der Waals surface area contributed by atoms with E-state index in [9.17, 15) is 9.59 Å². The van der Waals surface area contributed by atoms with Gasteiger partial charge < -0.3 is 10.2 Å². The Morgan fingerprint density at radius 2 is 1.76 bits per heavy atom. The van der Waals surface area contributed by atoms with Crippen LogP contribution in [0.4, 0.5) is 11.4 Å². The van der Waals surface area contributed by atoms with Crippen LogP contribution < -0.4 is 10.2 Å². The lowest BCUT2D eigenvalue weighted by molar-refractivity contribution is -0.121. The predicted octanol–water partition coefficient (Wildman–Crippen LogP) is 4.32. The van der Waals surface area contributed by atoms with Gasteiger partial charge in [0.15, 0.2) is 0 Å². The summed E-state index contributed by atoms with van der Waals surface area (Å²) in [6.45, 7) is 0. The van der Waals surface area contributed by atoms with Gasteiger partial charge in [-0.2, -0.15) is 0 Å². The zero-order valence-electron chi connectivity index (χ0n) is 16.3. The van der Waals surface area contributed by atoms with Crippen molar-refractivity contribution < 1.29 is 9.59 Å². The molecule has 0 saturated carbocycles. The summed E-state index contributed by atoms with van der Waals surface area (Å²) in [5.74, 6) is -0.443. The van der Waals surface area contributed by atoms with E-state index in [4.69, 9.17) is 0 Å². The van der Waals surface area contributed by atoms with Crippen molar-refractivity contribution in [3.05, 3.63) is 72.3 Å². The van der Waals surface area contributed by atoms with Crippen molar-refractivity contribution in [1.82, 2.24) is 0 Å². The van der Waals surface area contributed by atoms with E-state index in [1.807, 2.05) is 85.7 Å². The Morgan fingerprint density at radius 3 is 2.52 bits per heavy atom. The third-order valence-electron chi connectivity index (χ3n) is 4.81. The van der Waals surface area contributed by atoms with Crippen LogP contribution >= 0.6 is 11.8 Å². The van der Waals surface area contributed by atoms with Gasteiger partial charge in [-0.3, -0.25) is 9.59 Å². The first kappa shape index (κ1) is 19.2. The first-order valence-electron chi connectivity index (χ1n) is 9.36. The minimum absolute atomic E-state index is 0.0928. The van der Waals surface area contributed by atoms with E-state index in [0.29, 0.717) is 5.04 Å². The van der Waals surface area contributed by atoms with Gasteiger partial charge in [0.05, 0.1) is 0 Å². The number of amides is 2. The Bertz CT molecular complexity index is 1100. The van der Waals surface area contributed by atoms with Gasteiger partial charge in [0.2, 0.25) is 5.91 Å². The highest BCUT2D eigenvalue weighted by Crippen LogP contribution is 2.30. The predicted molar refractivity (Wildman–Crippen MR) is 121 cm³/mol. The molecule has 1 N–H and O–H groups in total. The standard InChI is InChI=1S/C23H21N3O2S/c1-26(2)17-12-10-16(11-13-17)23-25-22(28)20(29-23)14-21(27)24-19-9-5-7-15-6-3-4-8-18(15)19/h3-13,20H,14H2,1-2H3,(H,24,27)/t20-/m0/s1. The second-order valence-electron chi connectivity index (χ2n) is 7.08. The number of carbonyl (C=O) groups is 2. The fourth-order valence-corrected chi connectivity index (χ4v) is 4.32. The average molecular weight is 404 g/mol. The number of thioether (sulfide) groups is 1. The number of nitrogens with zero attached hydrogens (tertiary/aromatic N) is 2. The highest BCUT2D eigenvalue weighted by Gasteiger charge is 2.31. The van der Waals surface area contributed by atoms with Gasteiger partial charge >= 0.3 is 0 Å². The lowest BCUT2D eigenvalue weighted by Gasteiger charge is -2.13. The summed E-state index contributed by atoms with van der Waals surface area (Å²) in [5.41, 5.74) is 2.73. The molecule has 29 heavy (non-hydrogen) atoms. The monoisotopic (exact) mass is 403 g/mol. The van der Waals surface area contributed by atoms with Crippen LogP contribution in [0.5, 0.6) is 0 Å². The molecule has 0 aliphatic carbocycles. The zero-order valence-corrected chi connectivity index (χ0v) is 17.1. The Balaban J connectivity index is 1.42. The summed E-state index contributed by atoms with van der Waals surface area (Å²) in [7, 11) is 3.95. The van der Waals surface area contributed by atoms with Crippen LogP contribution in [-0.2, 0) is 9.59 Å². The second-order valence-corrected chi connectivity index (χ2v) is 8.27. The third-order valence-corrected chi connectivity index (χ3v) is 6.01. The van der Waals surface area contributed by atoms with Gasteiger partial charge in [0.1, 0.15) is 10.3 Å². The molecule has 1 heterocycles. The molecule has 2 amide bonds. The van der Waals surface area contributed by atoms with Crippen molar-refractivity contribution in [1.29, 1.82) is 0 Å². The molecular formula is C23H21N3O2S. The number of carbonyl (C=O) groups excluding carboxylic acids is 2. The molecule has 5 nitrogen and oxygen atoms in total. The van der Waals surface area contributed by atoms with Crippen LogP contribution in [0.2, 0.25) is 0 Å². The number of benzene rings is 3.